The lowest BCUT2D eigenvalue weighted by Gasteiger charge is -2.34. The molecular formula is C30H28N4O4. The van der Waals surface area contributed by atoms with Crippen molar-refractivity contribution in [3.05, 3.63) is 96.1 Å². The molecule has 0 radical (unpaired) electrons. The molecule has 3 rings (SSSR count). The van der Waals surface area contributed by atoms with Crippen molar-refractivity contribution in [3.63, 3.8) is 0 Å². The standard InChI is InChI=1S/C30H28N4O4/c1-3-17-37-27-9-5-23(6-10-27)19-25(21-31)29(35)33-13-15-34(16-14-33)30(36)26(22-32)20-24-7-11-28(12-8-24)38-18-4-2/h3-12,19-20H,1-2,13-18H2. The second-order valence-corrected chi connectivity index (χ2v) is 8.26. The fourth-order valence-electron chi connectivity index (χ4n) is 3.70. The van der Waals surface area contributed by atoms with Gasteiger partial charge in [0, 0.05) is 26.2 Å². The molecule has 1 aliphatic heterocycles. The second kappa shape index (κ2) is 13.9. The first-order valence-electron chi connectivity index (χ1n) is 12.0. The molecule has 192 valence electrons. The lowest BCUT2D eigenvalue weighted by molar-refractivity contribution is -0.134. The van der Waals surface area contributed by atoms with E-state index in [2.05, 4.69) is 13.2 Å². The first kappa shape index (κ1) is 27.5. The topological polar surface area (TPSA) is 107 Å². The Balaban J connectivity index is 1.61. The number of amides is 2. The van der Waals surface area contributed by atoms with Gasteiger partial charge < -0.3 is 19.3 Å². The molecule has 38 heavy (non-hydrogen) atoms. The highest BCUT2D eigenvalue weighted by Crippen LogP contribution is 2.18. The van der Waals surface area contributed by atoms with E-state index in [-0.39, 0.29) is 37.3 Å². The van der Waals surface area contributed by atoms with Crippen LogP contribution in [0.25, 0.3) is 12.2 Å². The van der Waals surface area contributed by atoms with Crippen LogP contribution in [-0.4, -0.2) is 61.0 Å². The number of benzene rings is 2. The van der Waals surface area contributed by atoms with E-state index in [0.717, 1.165) is 0 Å². The third-order valence-electron chi connectivity index (χ3n) is 5.67. The van der Waals surface area contributed by atoms with Crippen LogP contribution in [0.3, 0.4) is 0 Å². The van der Waals surface area contributed by atoms with Crippen molar-refractivity contribution in [3.8, 4) is 23.6 Å². The van der Waals surface area contributed by atoms with E-state index < -0.39 is 11.8 Å². The Morgan fingerprint density at radius 3 is 1.34 bits per heavy atom. The van der Waals surface area contributed by atoms with Crippen molar-refractivity contribution < 1.29 is 19.1 Å². The summed E-state index contributed by atoms with van der Waals surface area (Å²) in [4.78, 5) is 29.0. The van der Waals surface area contributed by atoms with E-state index in [1.165, 1.54) is 22.0 Å². The van der Waals surface area contributed by atoms with Crippen LogP contribution in [0.4, 0.5) is 0 Å². The molecule has 0 saturated carbocycles. The lowest BCUT2D eigenvalue weighted by atomic mass is 10.1. The highest BCUT2D eigenvalue weighted by atomic mass is 16.5. The lowest BCUT2D eigenvalue weighted by Crippen LogP contribution is -2.51. The molecule has 1 aliphatic rings. The van der Waals surface area contributed by atoms with Crippen LogP contribution in [0, 0.1) is 22.7 Å². The molecule has 0 atom stereocenters. The predicted octanol–water partition coefficient (Wildman–Crippen LogP) is 4.00. The Bertz CT molecular complexity index is 1200. The van der Waals surface area contributed by atoms with Crippen LogP contribution in [0.15, 0.2) is 85.0 Å². The predicted molar refractivity (Wildman–Crippen MR) is 145 cm³/mol. The van der Waals surface area contributed by atoms with Crippen molar-refractivity contribution >= 4 is 24.0 Å². The van der Waals surface area contributed by atoms with Gasteiger partial charge in [-0.05, 0) is 47.5 Å². The highest BCUT2D eigenvalue weighted by molar-refractivity contribution is 6.03. The fourth-order valence-corrected chi connectivity index (χ4v) is 3.70. The average molecular weight is 509 g/mol. The third kappa shape index (κ3) is 7.46. The third-order valence-corrected chi connectivity index (χ3v) is 5.67. The van der Waals surface area contributed by atoms with Gasteiger partial charge in [-0.15, -0.1) is 0 Å². The summed E-state index contributed by atoms with van der Waals surface area (Å²) in [6.07, 6.45) is 6.35. The highest BCUT2D eigenvalue weighted by Gasteiger charge is 2.27. The molecule has 2 aromatic rings. The molecular weight excluding hydrogens is 480 g/mol. The van der Waals surface area contributed by atoms with E-state index in [0.29, 0.717) is 35.8 Å². The van der Waals surface area contributed by atoms with Crippen molar-refractivity contribution in [1.82, 2.24) is 9.80 Å². The summed E-state index contributed by atoms with van der Waals surface area (Å²) in [7, 11) is 0. The van der Waals surface area contributed by atoms with Gasteiger partial charge in [0.15, 0.2) is 0 Å². The van der Waals surface area contributed by atoms with Gasteiger partial charge in [0.25, 0.3) is 11.8 Å². The van der Waals surface area contributed by atoms with Gasteiger partial charge in [0.2, 0.25) is 0 Å². The summed E-state index contributed by atoms with van der Waals surface area (Å²) in [6, 6.07) is 18.0. The van der Waals surface area contributed by atoms with E-state index in [9.17, 15) is 20.1 Å². The molecule has 2 amide bonds. The van der Waals surface area contributed by atoms with Gasteiger partial charge >= 0.3 is 0 Å². The van der Waals surface area contributed by atoms with Gasteiger partial charge in [-0.1, -0.05) is 49.6 Å². The Kier molecular flexibility index (Phi) is 10.0. The van der Waals surface area contributed by atoms with Crippen LogP contribution in [0.5, 0.6) is 11.5 Å². The van der Waals surface area contributed by atoms with Gasteiger partial charge in [-0.25, -0.2) is 0 Å². The smallest absolute Gasteiger partial charge is 0.264 e. The summed E-state index contributed by atoms with van der Waals surface area (Å²) in [5.41, 5.74) is 1.39. The largest absolute Gasteiger partial charge is 0.490 e. The Labute approximate surface area is 222 Å². The van der Waals surface area contributed by atoms with Crippen molar-refractivity contribution in [1.29, 1.82) is 10.5 Å². The average Bonchev–Trinajstić information content (AvgIpc) is 2.97. The Morgan fingerprint density at radius 1 is 0.711 bits per heavy atom. The quantitative estimate of drug-likeness (QED) is 0.273. The summed E-state index contributed by atoms with van der Waals surface area (Å²) >= 11 is 0. The zero-order valence-electron chi connectivity index (χ0n) is 21.0. The minimum absolute atomic E-state index is 0.00247. The number of hydrogen-bond acceptors (Lipinski definition) is 6. The molecule has 0 bridgehead atoms. The van der Waals surface area contributed by atoms with Gasteiger partial charge in [0.1, 0.15) is 48.0 Å². The van der Waals surface area contributed by atoms with Crippen LogP contribution in [0.1, 0.15) is 11.1 Å². The summed E-state index contributed by atoms with van der Waals surface area (Å²) in [6.45, 7) is 9.00. The molecule has 0 unspecified atom stereocenters. The number of ether oxygens (including phenoxy) is 2. The fraction of sp³-hybridized carbons (Fsp3) is 0.200. The van der Waals surface area contributed by atoms with Gasteiger partial charge in [0.05, 0.1) is 0 Å². The molecule has 2 aromatic carbocycles. The normalized spacial score (nSPS) is 13.6. The first-order chi connectivity index (χ1) is 18.5. The Morgan fingerprint density at radius 2 is 1.05 bits per heavy atom. The molecule has 8 nitrogen and oxygen atoms in total. The molecule has 1 saturated heterocycles. The zero-order valence-corrected chi connectivity index (χ0v) is 21.0. The van der Waals surface area contributed by atoms with E-state index in [1.807, 2.05) is 12.1 Å². The molecule has 0 N–H and O–H groups in total. The van der Waals surface area contributed by atoms with Gasteiger partial charge in [-0.3, -0.25) is 9.59 Å². The number of nitrogens with zero attached hydrogens (tertiary/aromatic N) is 4. The zero-order chi connectivity index (χ0) is 27.3. The molecule has 8 heteroatoms. The number of piperazine rings is 1. The van der Waals surface area contributed by atoms with Crippen LogP contribution < -0.4 is 9.47 Å². The Hall–Kier alpha value is -5.08. The maximum atomic E-state index is 13.0. The number of rotatable bonds is 10. The van der Waals surface area contributed by atoms with E-state index in [1.54, 1.807) is 60.7 Å². The van der Waals surface area contributed by atoms with Gasteiger partial charge in [-0.2, -0.15) is 10.5 Å². The molecule has 0 aromatic heterocycles. The summed E-state index contributed by atoms with van der Waals surface area (Å²) in [5, 5.41) is 19.2. The van der Waals surface area contributed by atoms with E-state index >= 15 is 0 Å². The molecule has 0 aliphatic carbocycles. The minimum atomic E-state index is -0.401. The number of carbonyl (C=O) groups excluding carboxylic acids is 2. The maximum absolute atomic E-state index is 13.0. The number of nitriles is 2. The summed E-state index contributed by atoms with van der Waals surface area (Å²) < 4.78 is 10.9. The maximum Gasteiger partial charge on any atom is 0.264 e. The van der Waals surface area contributed by atoms with Crippen molar-refractivity contribution in [2.45, 2.75) is 0 Å². The minimum Gasteiger partial charge on any atom is -0.490 e. The number of carbonyl (C=O) groups is 2. The second-order valence-electron chi connectivity index (χ2n) is 8.26. The first-order valence-corrected chi connectivity index (χ1v) is 12.0. The molecule has 1 heterocycles. The molecule has 1 fully saturated rings. The molecule has 0 spiro atoms. The van der Waals surface area contributed by atoms with Crippen LogP contribution in [-0.2, 0) is 9.59 Å². The van der Waals surface area contributed by atoms with Crippen LogP contribution >= 0.6 is 0 Å². The SMILES string of the molecule is C=CCOc1ccc(C=C(C#N)C(=O)N2CCN(C(=O)C(C#N)=Cc3ccc(OCC=C)cc3)CC2)cc1. The van der Waals surface area contributed by atoms with Crippen molar-refractivity contribution in [2.24, 2.45) is 0 Å². The number of hydrogen-bond donors (Lipinski definition) is 0. The monoisotopic (exact) mass is 508 g/mol. The summed E-state index contributed by atoms with van der Waals surface area (Å²) in [5.74, 6) is 0.517. The van der Waals surface area contributed by atoms with Crippen molar-refractivity contribution in [2.75, 3.05) is 39.4 Å². The van der Waals surface area contributed by atoms with Crippen LogP contribution in [0.2, 0.25) is 0 Å². The van der Waals surface area contributed by atoms with E-state index in [4.69, 9.17) is 9.47 Å².